The molecule has 8 nitrogen and oxygen atoms in total. The number of nitrogens with zero attached hydrogens (tertiary/aromatic N) is 5. The SMILES string of the molecule is O=[N+]([O-])c1cc(F)ccc1Sc1nnc(N2CCCC2)n1Cc1ccco1. The zero-order valence-electron chi connectivity index (χ0n) is 14.2. The number of anilines is 1. The number of nitro benzene ring substituents is 1. The van der Waals surface area contributed by atoms with Crippen LogP contribution in [0.3, 0.4) is 0 Å². The van der Waals surface area contributed by atoms with E-state index in [9.17, 15) is 14.5 Å². The van der Waals surface area contributed by atoms with Crippen LogP contribution in [0.25, 0.3) is 0 Å². The Kier molecular flexibility index (Phi) is 4.80. The minimum absolute atomic E-state index is 0.296. The fourth-order valence-electron chi connectivity index (χ4n) is 3.02. The third kappa shape index (κ3) is 3.65. The van der Waals surface area contributed by atoms with Gasteiger partial charge in [0.25, 0.3) is 5.69 Å². The molecule has 0 atom stereocenters. The van der Waals surface area contributed by atoms with Crippen LogP contribution in [0.1, 0.15) is 18.6 Å². The smallest absolute Gasteiger partial charge is 0.286 e. The number of aromatic nitrogens is 3. The number of benzene rings is 1. The van der Waals surface area contributed by atoms with E-state index < -0.39 is 10.7 Å². The Morgan fingerprint density at radius 1 is 1.26 bits per heavy atom. The van der Waals surface area contributed by atoms with E-state index in [2.05, 4.69) is 15.1 Å². The van der Waals surface area contributed by atoms with Gasteiger partial charge in [-0.15, -0.1) is 10.2 Å². The highest BCUT2D eigenvalue weighted by Crippen LogP contribution is 2.36. The molecule has 27 heavy (non-hydrogen) atoms. The zero-order chi connectivity index (χ0) is 18.8. The second-order valence-corrected chi connectivity index (χ2v) is 7.12. The highest BCUT2D eigenvalue weighted by molar-refractivity contribution is 7.99. The van der Waals surface area contributed by atoms with Gasteiger partial charge in [-0.25, -0.2) is 4.39 Å². The molecule has 1 aliphatic heterocycles. The molecule has 0 N–H and O–H groups in total. The second kappa shape index (κ2) is 7.39. The monoisotopic (exact) mass is 389 g/mol. The average Bonchev–Trinajstić information content (AvgIpc) is 3.39. The minimum atomic E-state index is -0.652. The summed E-state index contributed by atoms with van der Waals surface area (Å²) in [6.07, 6.45) is 3.76. The Morgan fingerprint density at radius 3 is 2.78 bits per heavy atom. The minimum Gasteiger partial charge on any atom is -0.467 e. The van der Waals surface area contributed by atoms with Gasteiger partial charge in [-0.3, -0.25) is 14.7 Å². The van der Waals surface area contributed by atoms with Gasteiger partial charge in [0.2, 0.25) is 5.95 Å². The molecule has 0 radical (unpaired) electrons. The predicted octanol–water partition coefficient (Wildman–Crippen LogP) is 3.72. The summed E-state index contributed by atoms with van der Waals surface area (Å²) in [4.78, 5) is 13.1. The Labute approximate surface area is 158 Å². The maximum atomic E-state index is 13.4. The summed E-state index contributed by atoms with van der Waals surface area (Å²) in [7, 11) is 0. The largest absolute Gasteiger partial charge is 0.467 e. The lowest BCUT2D eigenvalue weighted by Gasteiger charge is -2.17. The number of furan rings is 1. The lowest BCUT2D eigenvalue weighted by molar-refractivity contribution is -0.387. The highest BCUT2D eigenvalue weighted by atomic mass is 32.2. The number of halogens is 1. The molecule has 1 aromatic carbocycles. The van der Waals surface area contributed by atoms with E-state index >= 15 is 0 Å². The molecule has 3 aromatic rings. The number of nitro groups is 1. The van der Waals surface area contributed by atoms with E-state index in [1.165, 1.54) is 12.1 Å². The van der Waals surface area contributed by atoms with E-state index in [0.717, 1.165) is 49.5 Å². The second-order valence-electron chi connectivity index (χ2n) is 6.11. The van der Waals surface area contributed by atoms with E-state index in [-0.39, 0.29) is 5.69 Å². The van der Waals surface area contributed by atoms with E-state index in [0.29, 0.717) is 22.5 Å². The Balaban J connectivity index is 1.71. The Morgan fingerprint density at radius 2 is 2.07 bits per heavy atom. The molecule has 0 bridgehead atoms. The molecule has 1 aliphatic rings. The average molecular weight is 389 g/mol. The van der Waals surface area contributed by atoms with E-state index in [1.807, 2.05) is 10.6 Å². The molecular formula is C17H16FN5O3S. The third-order valence-corrected chi connectivity index (χ3v) is 5.35. The predicted molar refractivity (Wildman–Crippen MR) is 96.5 cm³/mol. The molecule has 1 saturated heterocycles. The van der Waals surface area contributed by atoms with Crippen LogP contribution in [0.2, 0.25) is 0 Å². The molecule has 0 unspecified atom stereocenters. The number of hydrogen-bond donors (Lipinski definition) is 0. The van der Waals surface area contributed by atoms with Crippen LogP contribution in [0.4, 0.5) is 16.0 Å². The normalized spacial score (nSPS) is 14.0. The first-order valence-corrected chi connectivity index (χ1v) is 9.26. The Bertz CT molecular complexity index is 954. The van der Waals surface area contributed by atoms with Crippen molar-refractivity contribution in [1.82, 2.24) is 14.8 Å². The van der Waals surface area contributed by atoms with Crippen LogP contribution in [0.15, 0.2) is 51.1 Å². The number of hydrogen-bond acceptors (Lipinski definition) is 7. The van der Waals surface area contributed by atoms with Crippen molar-refractivity contribution in [1.29, 1.82) is 0 Å². The molecule has 0 spiro atoms. The van der Waals surface area contributed by atoms with Gasteiger partial charge in [-0.05, 0) is 48.9 Å². The van der Waals surface area contributed by atoms with Gasteiger partial charge in [-0.1, -0.05) is 0 Å². The molecule has 2 aromatic heterocycles. The molecule has 1 fully saturated rings. The van der Waals surface area contributed by atoms with Crippen LogP contribution >= 0.6 is 11.8 Å². The van der Waals surface area contributed by atoms with Crippen molar-refractivity contribution in [2.24, 2.45) is 0 Å². The quantitative estimate of drug-likeness (QED) is 0.469. The molecule has 4 rings (SSSR count). The van der Waals surface area contributed by atoms with Crippen molar-refractivity contribution in [2.75, 3.05) is 18.0 Å². The summed E-state index contributed by atoms with van der Waals surface area (Å²) in [6.45, 7) is 2.18. The van der Waals surface area contributed by atoms with Crippen molar-refractivity contribution in [3.05, 3.63) is 58.3 Å². The first-order valence-electron chi connectivity index (χ1n) is 8.44. The number of rotatable bonds is 6. The molecule has 10 heteroatoms. The summed E-state index contributed by atoms with van der Waals surface area (Å²) in [5.74, 6) is 0.780. The van der Waals surface area contributed by atoms with Crippen LogP contribution in [0.5, 0.6) is 0 Å². The highest BCUT2D eigenvalue weighted by Gasteiger charge is 2.24. The summed E-state index contributed by atoms with van der Waals surface area (Å²) < 4.78 is 20.7. The molecule has 0 saturated carbocycles. The first-order chi connectivity index (χ1) is 13.1. The van der Waals surface area contributed by atoms with Gasteiger partial charge < -0.3 is 9.32 Å². The maximum Gasteiger partial charge on any atom is 0.286 e. The standard InChI is InChI=1S/C17H16FN5O3S/c18-12-5-6-15(14(10-12)23(24)25)27-17-20-19-16(21-7-1-2-8-21)22(17)11-13-4-3-9-26-13/h3-6,9-10H,1-2,7-8,11H2. The molecule has 0 aliphatic carbocycles. The van der Waals surface area contributed by atoms with Crippen molar-refractivity contribution >= 4 is 23.4 Å². The molecule has 3 heterocycles. The topological polar surface area (TPSA) is 90.2 Å². The van der Waals surface area contributed by atoms with Gasteiger partial charge >= 0.3 is 0 Å². The summed E-state index contributed by atoms with van der Waals surface area (Å²) in [5.41, 5.74) is -0.296. The molecule has 0 amide bonds. The van der Waals surface area contributed by atoms with Crippen LogP contribution in [0, 0.1) is 15.9 Å². The van der Waals surface area contributed by atoms with Crippen molar-refractivity contribution in [3.8, 4) is 0 Å². The van der Waals surface area contributed by atoms with Gasteiger partial charge in [-0.2, -0.15) is 0 Å². The summed E-state index contributed by atoms with van der Waals surface area (Å²) in [5, 5.41) is 20.3. The summed E-state index contributed by atoms with van der Waals surface area (Å²) in [6, 6.07) is 7.15. The van der Waals surface area contributed by atoms with Gasteiger partial charge in [0.15, 0.2) is 5.16 Å². The molecule has 140 valence electrons. The maximum absolute atomic E-state index is 13.4. The van der Waals surface area contributed by atoms with Crippen LogP contribution < -0.4 is 4.90 Å². The van der Waals surface area contributed by atoms with Crippen LogP contribution in [-0.4, -0.2) is 32.8 Å². The lowest BCUT2D eigenvalue weighted by Crippen LogP contribution is -2.22. The third-order valence-electron chi connectivity index (χ3n) is 4.30. The fourth-order valence-corrected chi connectivity index (χ4v) is 3.93. The van der Waals surface area contributed by atoms with Crippen LogP contribution in [-0.2, 0) is 6.54 Å². The van der Waals surface area contributed by atoms with Gasteiger partial charge in [0.05, 0.1) is 28.7 Å². The fraction of sp³-hybridized carbons (Fsp3) is 0.294. The Hall–Kier alpha value is -2.88. The van der Waals surface area contributed by atoms with E-state index in [1.54, 1.807) is 12.3 Å². The van der Waals surface area contributed by atoms with E-state index in [4.69, 9.17) is 4.42 Å². The van der Waals surface area contributed by atoms with Gasteiger partial charge in [0.1, 0.15) is 11.6 Å². The summed E-state index contributed by atoms with van der Waals surface area (Å²) >= 11 is 1.09. The van der Waals surface area contributed by atoms with Crippen molar-refractivity contribution in [3.63, 3.8) is 0 Å². The zero-order valence-corrected chi connectivity index (χ0v) is 15.1. The first kappa shape index (κ1) is 17.5. The van der Waals surface area contributed by atoms with Crippen molar-refractivity contribution in [2.45, 2.75) is 29.4 Å². The van der Waals surface area contributed by atoms with Gasteiger partial charge in [0, 0.05) is 13.1 Å². The molecular weight excluding hydrogens is 373 g/mol. The lowest BCUT2D eigenvalue weighted by atomic mass is 10.3. The van der Waals surface area contributed by atoms with Crippen molar-refractivity contribution < 1.29 is 13.7 Å².